The molecular formula is C17H25NO3. The molecule has 2 rings (SSSR count). The SMILES string of the molecule is CC(C)CC(c1ccccc1)N(C)C1COCC1C(=O)O. The van der Waals surface area contributed by atoms with Crippen molar-refractivity contribution in [1.29, 1.82) is 0 Å². The van der Waals surface area contributed by atoms with E-state index >= 15 is 0 Å². The van der Waals surface area contributed by atoms with Crippen LogP contribution in [-0.4, -0.2) is 42.3 Å². The number of carbonyl (C=O) groups is 1. The molecular weight excluding hydrogens is 266 g/mol. The summed E-state index contributed by atoms with van der Waals surface area (Å²) in [5.74, 6) is -0.655. The zero-order chi connectivity index (χ0) is 15.4. The monoisotopic (exact) mass is 291 g/mol. The van der Waals surface area contributed by atoms with E-state index in [1.54, 1.807) is 0 Å². The summed E-state index contributed by atoms with van der Waals surface area (Å²) < 4.78 is 5.42. The van der Waals surface area contributed by atoms with E-state index in [0.29, 0.717) is 19.1 Å². The van der Waals surface area contributed by atoms with Gasteiger partial charge in [-0.2, -0.15) is 0 Å². The summed E-state index contributed by atoms with van der Waals surface area (Å²) in [6, 6.07) is 10.5. The Morgan fingerprint density at radius 2 is 2.00 bits per heavy atom. The van der Waals surface area contributed by atoms with E-state index in [1.165, 1.54) is 5.56 Å². The molecule has 3 atom stereocenters. The summed E-state index contributed by atoms with van der Waals surface area (Å²) in [5.41, 5.74) is 1.24. The fraction of sp³-hybridized carbons (Fsp3) is 0.588. The van der Waals surface area contributed by atoms with Crippen molar-refractivity contribution in [2.45, 2.75) is 32.4 Å². The molecule has 4 nitrogen and oxygen atoms in total. The Kier molecular flexibility index (Phi) is 5.37. The van der Waals surface area contributed by atoms with Gasteiger partial charge in [-0.05, 0) is 24.9 Å². The van der Waals surface area contributed by atoms with Crippen LogP contribution < -0.4 is 0 Å². The first-order valence-electron chi connectivity index (χ1n) is 7.58. The topological polar surface area (TPSA) is 49.8 Å². The van der Waals surface area contributed by atoms with Gasteiger partial charge >= 0.3 is 5.97 Å². The van der Waals surface area contributed by atoms with Crippen LogP contribution in [0, 0.1) is 11.8 Å². The average molecular weight is 291 g/mol. The summed E-state index contributed by atoms with van der Waals surface area (Å²) in [5, 5.41) is 9.36. The minimum Gasteiger partial charge on any atom is -0.481 e. The lowest BCUT2D eigenvalue weighted by molar-refractivity contribution is -0.143. The molecule has 21 heavy (non-hydrogen) atoms. The molecule has 0 amide bonds. The van der Waals surface area contributed by atoms with E-state index in [9.17, 15) is 9.90 Å². The van der Waals surface area contributed by atoms with Crippen LogP contribution in [0.25, 0.3) is 0 Å². The Labute approximate surface area is 126 Å². The molecule has 0 spiro atoms. The number of hydrogen-bond donors (Lipinski definition) is 1. The quantitative estimate of drug-likeness (QED) is 0.875. The van der Waals surface area contributed by atoms with Gasteiger partial charge in [0.25, 0.3) is 0 Å². The third-order valence-electron chi connectivity index (χ3n) is 4.26. The van der Waals surface area contributed by atoms with Gasteiger partial charge in [-0.1, -0.05) is 44.2 Å². The lowest BCUT2D eigenvalue weighted by Crippen LogP contribution is -2.43. The number of rotatable bonds is 6. The highest BCUT2D eigenvalue weighted by Crippen LogP contribution is 2.32. The third kappa shape index (κ3) is 3.83. The Morgan fingerprint density at radius 3 is 2.57 bits per heavy atom. The van der Waals surface area contributed by atoms with Crippen molar-refractivity contribution in [2.75, 3.05) is 20.3 Å². The number of ether oxygens (including phenoxy) is 1. The number of likely N-dealkylation sites (N-methyl/N-ethyl adjacent to an activating group) is 1. The minimum absolute atomic E-state index is 0.0635. The van der Waals surface area contributed by atoms with Crippen LogP contribution >= 0.6 is 0 Å². The van der Waals surface area contributed by atoms with Crippen molar-refractivity contribution in [3.05, 3.63) is 35.9 Å². The van der Waals surface area contributed by atoms with Gasteiger partial charge in [-0.15, -0.1) is 0 Å². The zero-order valence-electron chi connectivity index (χ0n) is 13.0. The standard InChI is InChI=1S/C17H25NO3/c1-12(2)9-15(13-7-5-4-6-8-13)18(3)16-11-21-10-14(16)17(19)20/h4-8,12,14-16H,9-11H2,1-3H3,(H,19,20). The first-order chi connectivity index (χ1) is 10.0. The summed E-state index contributed by atoms with van der Waals surface area (Å²) in [6.07, 6.45) is 1.00. The summed E-state index contributed by atoms with van der Waals surface area (Å²) >= 11 is 0. The van der Waals surface area contributed by atoms with E-state index in [4.69, 9.17) is 4.74 Å². The van der Waals surface area contributed by atoms with E-state index in [1.807, 2.05) is 25.2 Å². The predicted octanol–water partition coefficient (Wildman–Crippen LogP) is 2.81. The van der Waals surface area contributed by atoms with Crippen LogP contribution in [0.4, 0.5) is 0 Å². The van der Waals surface area contributed by atoms with Crippen molar-refractivity contribution in [3.8, 4) is 0 Å². The van der Waals surface area contributed by atoms with Crippen LogP contribution in [0.3, 0.4) is 0 Å². The molecule has 1 aromatic carbocycles. The molecule has 116 valence electrons. The van der Waals surface area contributed by atoms with E-state index < -0.39 is 11.9 Å². The second-order valence-electron chi connectivity index (χ2n) is 6.27. The number of benzene rings is 1. The van der Waals surface area contributed by atoms with E-state index in [2.05, 4.69) is 30.9 Å². The first-order valence-corrected chi connectivity index (χ1v) is 7.58. The van der Waals surface area contributed by atoms with Crippen LogP contribution in [0.2, 0.25) is 0 Å². The highest BCUT2D eigenvalue weighted by Gasteiger charge is 2.39. The largest absolute Gasteiger partial charge is 0.481 e. The molecule has 1 heterocycles. The summed E-state index contributed by atoms with van der Waals surface area (Å²) in [7, 11) is 2.02. The normalized spacial score (nSPS) is 23.7. The molecule has 1 N–H and O–H groups in total. The van der Waals surface area contributed by atoms with Gasteiger partial charge in [0.1, 0.15) is 0 Å². The second-order valence-corrected chi connectivity index (χ2v) is 6.27. The number of aliphatic carboxylic acids is 1. The lowest BCUT2D eigenvalue weighted by atomic mass is 9.92. The maximum atomic E-state index is 11.4. The number of carboxylic acid groups (broad SMARTS) is 1. The zero-order valence-corrected chi connectivity index (χ0v) is 13.0. The van der Waals surface area contributed by atoms with Gasteiger partial charge < -0.3 is 9.84 Å². The van der Waals surface area contributed by atoms with Crippen molar-refractivity contribution < 1.29 is 14.6 Å². The van der Waals surface area contributed by atoms with Crippen LogP contribution in [0.1, 0.15) is 31.9 Å². The smallest absolute Gasteiger partial charge is 0.310 e. The Hall–Kier alpha value is -1.39. The maximum Gasteiger partial charge on any atom is 0.310 e. The van der Waals surface area contributed by atoms with Crippen molar-refractivity contribution in [2.24, 2.45) is 11.8 Å². The molecule has 1 saturated heterocycles. The third-order valence-corrected chi connectivity index (χ3v) is 4.26. The fourth-order valence-electron chi connectivity index (χ4n) is 3.07. The van der Waals surface area contributed by atoms with Crippen molar-refractivity contribution in [3.63, 3.8) is 0 Å². The van der Waals surface area contributed by atoms with Crippen molar-refractivity contribution in [1.82, 2.24) is 4.90 Å². The molecule has 0 aromatic heterocycles. The number of carboxylic acids is 1. The summed E-state index contributed by atoms with van der Waals surface area (Å²) in [4.78, 5) is 13.6. The Morgan fingerprint density at radius 1 is 1.33 bits per heavy atom. The predicted molar refractivity (Wildman–Crippen MR) is 82.1 cm³/mol. The molecule has 1 aliphatic heterocycles. The van der Waals surface area contributed by atoms with Gasteiger partial charge in [0.2, 0.25) is 0 Å². The molecule has 0 aliphatic carbocycles. The summed E-state index contributed by atoms with van der Waals surface area (Å²) in [6.45, 7) is 5.20. The van der Waals surface area contributed by atoms with Gasteiger partial charge in [0, 0.05) is 12.1 Å². The number of nitrogens with zero attached hydrogens (tertiary/aromatic N) is 1. The van der Waals surface area contributed by atoms with Crippen molar-refractivity contribution >= 4 is 5.97 Å². The second kappa shape index (κ2) is 7.05. The molecule has 0 saturated carbocycles. The molecule has 1 aromatic rings. The van der Waals surface area contributed by atoms with E-state index in [0.717, 1.165) is 6.42 Å². The Balaban J connectivity index is 2.22. The van der Waals surface area contributed by atoms with Crippen LogP contribution in [0.15, 0.2) is 30.3 Å². The number of hydrogen-bond acceptors (Lipinski definition) is 3. The highest BCUT2D eigenvalue weighted by atomic mass is 16.5. The maximum absolute atomic E-state index is 11.4. The fourth-order valence-corrected chi connectivity index (χ4v) is 3.07. The van der Waals surface area contributed by atoms with Crippen LogP contribution in [0.5, 0.6) is 0 Å². The van der Waals surface area contributed by atoms with Gasteiger partial charge in [-0.3, -0.25) is 9.69 Å². The molecule has 4 heteroatoms. The van der Waals surface area contributed by atoms with E-state index in [-0.39, 0.29) is 12.1 Å². The Bertz CT molecular complexity index is 460. The van der Waals surface area contributed by atoms with Gasteiger partial charge in [0.05, 0.1) is 19.1 Å². The molecule has 1 aliphatic rings. The lowest BCUT2D eigenvalue weighted by Gasteiger charge is -2.35. The molecule has 1 fully saturated rings. The van der Waals surface area contributed by atoms with Gasteiger partial charge in [-0.25, -0.2) is 0 Å². The molecule has 0 radical (unpaired) electrons. The molecule has 0 bridgehead atoms. The molecule has 3 unspecified atom stereocenters. The minimum atomic E-state index is -0.763. The highest BCUT2D eigenvalue weighted by molar-refractivity contribution is 5.71. The first kappa shape index (κ1) is 16.0. The van der Waals surface area contributed by atoms with Crippen LogP contribution in [-0.2, 0) is 9.53 Å². The average Bonchev–Trinajstić information content (AvgIpc) is 2.94. The van der Waals surface area contributed by atoms with Gasteiger partial charge in [0.15, 0.2) is 0 Å².